The maximum atomic E-state index is 11.8. The molecule has 3 aromatic heterocycles. The predicted octanol–water partition coefficient (Wildman–Crippen LogP) is 20.8. The molecular weight excluding hydrogens is 1240 g/mol. The van der Waals surface area contributed by atoms with Crippen LogP contribution < -0.4 is 47.3 Å². The number of hydrogen-bond acceptors (Lipinski definition) is 4. The zero-order valence-electron chi connectivity index (χ0n) is 73.0. The maximum absolute atomic E-state index is 11.8. The molecule has 0 bridgehead atoms. The summed E-state index contributed by atoms with van der Waals surface area (Å²) in [6.07, 6.45) is 0. The summed E-state index contributed by atoms with van der Waals surface area (Å²) in [6.45, 7) is 3.90. The van der Waals surface area contributed by atoms with Crippen LogP contribution in [0.4, 0.5) is 34.1 Å². The van der Waals surface area contributed by atoms with Gasteiger partial charge in [0.1, 0.15) is 22.7 Å². The fourth-order valence-corrected chi connectivity index (χ4v) is 16.7. The van der Waals surface area contributed by atoms with Gasteiger partial charge in [0, 0.05) is 72.0 Å². The van der Waals surface area contributed by atoms with Crippen molar-refractivity contribution in [2.75, 3.05) is 9.80 Å². The van der Waals surface area contributed by atoms with E-state index in [0.717, 1.165) is 48.9 Å². The van der Waals surface area contributed by atoms with Crippen LogP contribution >= 0.6 is 0 Å². The first-order chi connectivity index (χ1) is 57.8. The van der Waals surface area contributed by atoms with Gasteiger partial charge in [-0.2, -0.15) is 0 Å². The van der Waals surface area contributed by atoms with E-state index < -0.39 is 127 Å². The van der Waals surface area contributed by atoms with Crippen molar-refractivity contribution in [3.63, 3.8) is 0 Å². The van der Waals surface area contributed by atoms with E-state index in [2.05, 4.69) is 43.9 Å². The average Bonchev–Trinajstić information content (AvgIpc) is 1.11. The molecule has 7 heterocycles. The van der Waals surface area contributed by atoms with Gasteiger partial charge in [0.25, 0.3) is 13.4 Å². The second kappa shape index (κ2) is 21.4. The van der Waals surface area contributed by atoms with Gasteiger partial charge in [0.2, 0.25) is 0 Å². The van der Waals surface area contributed by atoms with Gasteiger partial charge in [0.05, 0.1) is 63.7 Å². The first-order valence-corrected chi connectivity index (χ1v) is 34.1. The van der Waals surface area contributed by atoms with Crippen LogP contribution in [0.3, 0.4) is 0 Å². The average molecular weight is 1320 g/mol. The van der Waals surface area contributed by atoms with Crippen LogP contribution in [-0.4, -0.2) is 22.6 Å². The van der Waals surface area contributed by atoms with E-state index in [1.54, 1.807) is 4.57 Å². The van der Waals surface area contributed by atoms with Gasteiger partial charge < -0.3 is 28.1 Å². The molecule has 0 fully saturated rings. The number of benzene rings is 15. The number of fused-ring (bicyclic) bond motifs is 18. The Kier molecular flexibility index (Phi) is 8.85. The number of para-hydroxylation sites is 6. The molecule has 0 saturated heterocycles. The minimum Gasteiger partial charge on any atom is -0.456 e. The lowest BCUT2D eigenvalue weighted by molar-refractivity contribution is 0.489. The van der Waals surface area contributed by atoms with E-state index in [1.807, 2.05) is 199 Å². The standard InChI is InChI=1S/C94H62B2N4O2/c1-94(2,3)63-53-81-88-82(54-63)100(80-50-62(58-28-10-5-11-29-58)52-86-87(80)71-37-19-23-45-84(71)101-86)92-75(56-83-89-93(92)102-85-51-61(57-26-8-4-9-27-57)46-48-73(85)96(89)74-41-25-40-70-69-36-18-22-44-78(69)98(83)91(70)74)95(88)72-49-47-64(97-76-42-20-16-34-67(76)68-35-17-21-43-77(68)97)55-79(72)99(81)90-65(59-30-12-6-13-31-59)38-24-39-66(90)60-32-14-7-15-33-60/h4-56H,1-3H3/i16D,17D,18D,20D,21D,22D,25D,34D,35D,36D,40D,41D,42D,43D,44D,47D,49D,55D. The Balaban J connectivity index is 1.00. The molecular formula is C94H62B2N4O2. The molecule has 8 heteroatoms. The third kappa shape index (κ3) is 8.09. The lowest BCUT2D eigenvalue weighted by atomic mass is 9.31. The summed E-state index contributed by atoms with van der Waals surface area (Å²) >= 11 is 0. The Morgan fingerprint density at radius 2 is 0.931 bits per heavy atom. The van der Waals surface area contributed by atoms with Crippen molar-refractivity contribution in [3.8, 4) is 67.4 Å². The van der Waals surface area contributed by atoms with Gasteiger partial charge in [0.15, 0.2) is 0 Å². The second-order valence-corrected chi connectivity index (χ2v) is 27.6. The van der Waals surface area contributed by atoms with Crippen LogP contribution in [0, 0.1) is 0 Å². The highest BCUT2D eigenvalue weighted by Crippen LogP contribution is 2.56. The fraction of sp³-hybridized carbons (Fsp3) is 0.0426. The Hall–Kier alpha value is -12.8. The summed E-state index contributed by atoms with van der Waals surface area (Å²) in [6, 6.07) is 58.6. The molecule has 0 amide bonds. The lowest BCUT2D eigenvalue weighted by Gasteiger charge is -2.47. The normalized spacial score (nSPS) is 15.7. The smallest absolute Gasteiger partial charge is 0.256 e. The molecule has 6 nitrogen and oxygen atoms in total. The molecule has 0 aliphatic carbocycles. The fourth-order valence-electron chi connectivity index (χ4n) is 16.7. The molecule has 0 atom stereocenters. The van der Waals surface area contributed by atoms with E-state index in [4.69, 9.17) is 11.9 Å². The van der Waals surface area contributed by atoms with Crippen molar-refractivity contribution in [3.05, 3.63) is 327 Å². The van der Waals surface area contributed by atoms with Crippen molar-refractivity contribution in [1.82, 2.24) is 9.13 Å². The Morgan fingerprint density at radius 1 is 0.363 bits per heavy atom. The number of anilines is 6. The first kappa shape index (κ1) is 42.2. The van der Waals surface area contributed by atoms with Gasteiger partial charge in [-0.15, -0.1) is 0 Å². The third-order valence-electron chi connectivity index (χ3n) is 21.1. The van der Waals surface area contributed by atoms with Crippen LogP contribution in [0.1, 0.15) is 51.0 Å². The van der Waals surface area contributed by atoms with Crippen LogP contribution in [0.25, 0.3) is 121 Å². The molecule has 0 spiro atoms. The molecule has 18 aromatic rings. The molecule has 4 aliphatic heterocycles. The largest absolute Gasteiger partial charge is 0.456 e. The molecule has 22 rings (SSSR count). The summed E-state index contributed by atoms with van der Waals surface area (Å²) < 4.78 is 198. The van der Waals surface area contributed by atoms with Crippen LogP contribution in [0.2, 0.25) is 0 Å². The van der Waals surface area contributed by atoms with Crippen LogP contribution in [0.15, 0.2) is 326 Å². The van der Waals surface area contributed by atoms with Gasteiger partial charge in [-0.05, 0) is 150 Å². The highest BCUT2D eigenvalue weighted by Gasteiger charge is 2.51. The number of furan rings is 1. The molecule has 15 aromatic carbocycles. The van der Waals surface area contributed by atoms with Crippen LogP contribution in [0.5, 0.6) is 11.5 Å². The predicted molar refractivity (Wildman–Crippen MR) is 428 cm³/mol. The van der Waals surface area contributed by atoms with E-state index in [-0.39, 0.29) is 77.7 Å². The zero-order valence-corrected chi connectivity index (χ0v) is 55.0. The molecule has 0 unspecified atom stereocenters. The minimum absolute atomic E-state index is 0.0108. The third-order valence-corrected chi connectivity index (χ3v) is 21.1. The van der Waals surface area contributed by atoms with Gasteiger partial charge in [-0.25, -0.2) is 0 Å². The van der Waals surface area contributed by atoms with Crippen molar-refractivity contribution in [2.45, 2.75) is 26.2 Å². The monoisotopic (exact) mass is 1320 g/mol. The van der Waals surface area contributed by atoms with Crippen molar-refractivity contribution >= 4 is 146 Å². The number of rotatable bonds is 7. The topological polar surface area (TPSA) is 38.7 Å². The number of aromatic nitrogens is 2. The quantitative estimate of drug-likeness (QED) is 0.149. The number of hydrogen-bond donors (Lipinski definition) is 0. The van der Waals surface area contributed by atoms with Crippen LogP contribution in [-0.2, 0) is 5.41 Å². The molecule has 102 heavy (non-hydrogen) atoms. The SMILES string of the molecule is [2H]c1c([2H])c(-n2c3c([2H])c([2H])c([2H])c([2H])c3c3c([2H])c([2H])c([2H])c([2H])c32)c([2H])c2c1B1c3cc4c5c(c3N(c3cc(-c6ccccc6)cc6oc7ccccc7c36)c3cc(C(C)(C)C)cc(c31)N2c1c(-c2ccccc2)cccc1-c1ccccc1)Oc1cc(-c2ccccc2)ccc1B5c1c([2H])c([2H])c([2H])c2c3c([2H])c([2H])c([2H])c([2H])c3n-4c12. The highest BCUT2D eigenvalue weighted by atomic mass is 16.5. The Bertz CT molecular complexity index is 7610. The molecule has 0 radical (unpaired) electrons. The second-order valence-electron chi connectivity index (χ2n) is 27.6. The maximum Gasteiger partial charge on any atom is 0.256 e. The van der Waals surface area contributed by atoms with Crippen molar-refractivity contribution in [2.24, 2.45) is 0 Å². The van der Waals surface area contributed by atoms with Gasteiger partial charge in [-0.1, -0.05) is 269 Å². The molecule has 4 aliphatic rings. The molecule has 476 valence electrons. The minimum atomic E-state index is -1.34. The summed E-state index contributed by atoms with van der Waals surface area (Å²) in [5, 5.41) is 0.778. The summed E-state index contributed by atoms with van der Waals surface area (Å²) in [7, 11) is 0. The molecule has 0 saturated carbocycles. The van der Waals surface area contributed by atoms with Gasteiger partial charge >= 0.3 is 0 Å². The van der Waals surface area contributed by atoms with E-state index in [0.29, 0.717) is 83.7 Å². The van der Waals surface area contributed by atoms with Gasteiger partial charge in [-0.3, -0.25) is 0 Å². The summed E-state index contributed by atoms with van der Waals surface area (Å²) in [4.78, 5) is 4.17. The van der Waals surface area contributed by atoms with Crippen molar-refractivity contribution < 1.29 is 33.8 Å². The summed E-state index contributed by atoms with van der Waals surface area (Å²) in [5.74, 6) is 0.518. The summed E-state index contributed by atoms with van der Waals surface area (Å²) in [5.41, 5.74) is 10.8. The lowest BCUT2D eigenvalue weighted by Crippen LogP contribution is -2.64. The number of ether oxygens (including phenoxy) is 1. The highest BCUT2D eigenvalue weighted by molar-refractivity contribution is 7.02. The zero-order chi connectivity index (χ0) is 82.9. The van der Waals surface area contributed by atoms with E-state index >= 15 is 0 Å². The van der Waals surface area contributed by atoms with Crippen molar-refractivity contribution in [1.29, 1.82) is 0 Å². The number of nitrogens with zero attached hydrogens (tertiary/aromatic N) is 4. The van der Waals surface area contributed by atoms with E-state index in [1.165, 1.54) is 0 Å². The Morgan fingerprint density at radius 3 is 1.59 bits per heavy atom. The molecule has 0 N–H and O–H groups in total. The Labute approximate surface area is 616 Å². The first-order valence-electron chi connectivity index (χ1n) is 43.1. The van der Waals surface area contributed by atoms with E-state index in [9.17, 15) is 21.9 Å².